The normalized spacial score (nSPS) is 11.1. The number of benzene rings is 1. The zero-order chi connectivity index (χ0) is 17.2. The Morgan fingerprint density at radius 3 is 2.80 bits per heavy atom. The fourth-order valence-electron chi connectivity index (χ4n) is 2.64. The van der Waals surface area contributed by atoms with Gasteiger partial charge in [-0.05, 0) is 13.3 Å². The predicted molar refractivity (Wildman–Crippen MR) is 99.8 cm³/mol. The van der Waals surface area contributed by atoms with Crippen molar-refractivity contribution < 1.29 is 0 Å². The summed E-state index contributed by atoms with van der Waals surface area (Å²) >= 11 is 1.71. The van der Waals surface area contributed by atoms with Gasteiger partial charge in [-0.2, -0.15) is 14.6 Å². The molecule has 4 rings (SSSR count). The van der Waals surface area contributed by atoms with Gasteiger partial charge in [0, 0.05) is 22.2 Å². The third kappa shape index (κ3) is 3.10. The lowest BCUT2D eigenvalue weighted by Crippen LogP contribution is -2.07. The standard InChI is InChI=1S/C18H18N6S/c1-3-14-9-16(24-18(23-14)20-11-21-24)19-10-15-12(2)22-17(25-15)13-7-5-4-6-8-13/h4-9,11,19H,3,10H2,1-2H3. The minimum absolute atomic E-state index is 0.618. The van der Waals surface area contributed by atoms with Crippen LogP contribution in [0.25, 0.3) is 16.3 Å². The minimum atomic E-state index is 0.618. The van der Waals surface area contributed by atoms with Crippen LogP contribution in [0.2, 0.25) is 0 Å². The molecule has 0 aliphatic heterocycles. The molecule has 1 N–H and O–H groups in total. The summed E-state index contributed by atoms with van der Waals surface area (Å²) in [4.78, 5) is 14.6. The number of rotatable bonds is 5. The van der Waals surface area contributed by atoms with Crippen LogP contribution < -0.4 is 5.32 Å². The van der Waals surface area contributed by atoms with E-state index in [-0.39, 0.29) is 0 Å². The molecular formula is C18H18N6S. The van der Waals surface area contributed by atoms with Crippen LogP contribution in [0.5, 0.6) is 0 Å². The van der Waals surface area contributed by atoms with Gasteiger partial charge >= 0.3 is 0 Å². The molecule has 4 aromatic rings. The molecule has 25 heavy (non-hydrogen) atoms. The molecule has 0 unspecified atom stereocenters. The number of thiazole rings is 1. The van der Waals surface area contributed by atoms with Gasteiger partial charge in [-0.15, -0.1) is 11.3 Å². The maximum atomic E-state index is 4.71. The monoisotopic (exact) mass is 350 g/mol. The van der Waals surface area contributed by atoms with Gasteiger partial charge in [0.2, 0.25) is 0 Å². The molecule has 1 aromatic carbocycles. The lowest BCUT2D eigenvalue weighted by atomic mass is 10.2. The summed E-state index contributed by atoms with van der Waals surface area (Å²) in [6, 6.07) is 12.3. The molecule has 0 radical (unpaired) electrons. The van der Waals surface area contributed by atoms with Gasteiger partial charge in [-0.25, -0.2) is 9.97 Å². The Morgan fingerprint density at radius 1 is 1.16 bits per heavy atom. The number of hydrogen-bond acceptors (Lipinski definition) is 6. The molecule has 3 heterocycles. The highest BCUT2D eigenvalue weighted by Gasteiger charge is 2.11. The first-order valence-electron chi connectivity index (χ1n) is 8.20. The smallest absolute Gasteiger partial charge is 0.254 e. The van der Waals surface area contributed by atoms with Crippen molar-refractivity contribution in [3.05, 3.63) is 59.0 Å². The van der Waals surface area contributed by atoms with E-state index >= 15 is 0 Å². The van der Waals surface area contributed by atoms with Crippen molar-refractivity contribution in [3.63, 3.8) is 0 Å². The Balaban J connectivity index is 1.60. The molecule has 0 saturated heterocycles. The molecule has 0 aliphatic carbocycles. The quantitative estimate of drug-likeness (QED) is 0.594. The van der Waals surface area contributed by atoms with Crippen molar-refractivity contribution in [2.45, 2.75) is 26.8 Å². The zero-order valence-corrected chi connectivity index (χ0v) is 14.9. The van der Waals surface area contributed by atoms with Gasteiger partial charge < -0.3 is 5.32 Å². The molecule has 7 heteroatoms. The summed E-state index contributed by atoms with van der Waals surface area (Å²) in [6.07, 6.45) is 2.38. The number of nitrogens with one attached hydrogen (secondary N) is 1. The van der Waals surface area contributed by atoms with E-state index in [1.165, 1.54) is 11.2 Å². The van der Waals surface area contributed by atoms with Gasteiger partial charge in [-0.3, -0.25) is 0 Å². The maximum Gasteiger partial charge on any atom is 0.254 e. The molecule has 126 valence electrons. The second-order valence-corrected chi connectivity index (χ2v) is 6.79. The first-order chi connectivity index (χ1) is 12.2. The van der Waals surface area contributed by atoms with E-state index in [1.54, 1.807) is 15.9 Å². The van der Waals surface area contributed by atoms with Gasteiger partial charge in [0.05, 0.1) is 12.2 Å². The fourth-order valence-corrected chi connectivity index (χ4v) is 3.64. The minimum Gasteiger partial charge on any atom is -0.365 e. The van der Waals surface area contributed by atoms with Crippen molar-refractivity contribution in [3.8, 4) is 10.6 Å². The Kier molecular flexibility index (Phi) is 4.15. The van der Waals surface area contributed by atoms with Crippen LogP contribution in [-0.2, 0) is 13.0 Å². The topological polar surface area (TPSA) is 68.0 Å². The first kappa shape index (κ1) is 15.7. The molecule has 0 spiro atoms. The third-order valence-corrected chi connectivity index (χ3v) is 5.22. The van der Waals surface area contributed by atoms with E-state index in [0.29, 0.717) is 12.3 Å². The number of aromatic nitrogens is 5. The summed E-state index contributed by atoms with van der Waals surface area (Å²) < 4.78 is 1.73. The van der Waals surface area contributed by atoms with E-state index in [2.05, 4.69) is 46.4 Å². The highest BCUT2D eigenvalue weighted by Crippen LogP contribution is 2.28. The van der Waals surface area contributed by atoms with E-state index in [4.69, 9.17) is 4.98 Å². The highest BCUT2D eigenvalue weighted by atomic mass is 32.1. The van der Waals surface area contributed by atoms with Crippen LogP contribution in [0.1, 0.15) is 23.2 Å². The van der Waals surface area contributed by atoms with E-state index in [0.717, 1.165) is 34.2 Å². The summed E-state index contributed by atoms with van der Waals surface area (Å²) in [5.41, 5.74) is 3.20. The van der Waals surface area contributed by atoms with Gasteiger partial charge in [0.25, 0.3) is 5.78 Å². The summed E-state index contributed by atoms with van der Waals surface area (Å²) in [7, 11) is 0. The predicted octanol–water partition coefficient (Wildman–Crippen LogP) is 3.73. The number of nitrogens with zero attached hydrogens (tertiary/aromatic N) is 5. The number of aryl methyl sites for hydroxylation is 2. The first-order valence-corrected chi connectivity index (χ1v) is 9.01. The average molecular weight is 350 g/mol. The summed E-state index contributed by atoms with van der Waals surface area (Å²) in [5.74, 6) is 1.52. The van der Waals surface area contributed by atoms with Crippen LogP contribution in [0.15, 0.2) is 42.7 Å². The SMILES string of the molecule is CCc1cc(NCc2sc(-c3ccccc3)nc2C)n2ncnc2n1. The van der Waals surface area contributed by atoms with E-state index < -0.39 is 0 Å². The molecule has 0 amide bonds. The lowest BCUT2D eigenvalue weighted by molar-refractivity contribution is 0.902. The number of fused-ring (bicyclic) bond motifs is 1. The van der Waals surface area contributed by atoms with Crippen LogP contribution >= 0.6 is 11.3 Å². The van der Waals surface area contributed by atoms with Crippen LogP contribution in [0.4, 0.5) is 5.82 Å². The largest absolute Gasteiger partial charge is 0.365 e. The van der Waals surface area contributed by atoms with Gasteiger partial charge in [-0.1, -0.05) is 37.3 Å². The van der Waals surface area contributed by atoms with Gasteiger partial charge in [0.1, 0.15) is 17.2 Å². The maximum absolute atomic E-state index is 4.71. The van der Waals surface area contributed by atoms with E-state index in [1.807, 2.05) is 24.3 Å². The summed E-state index contributed by atoms with van der Waals surface area (Å²) in [5, 5.41) is 8.76. The van der Waals surface area contributed by atoms with Crippen molar-refractivity contribution in [1.29, 1.82) is 0 Å². The Labute approximate surface area is 149 Å². The van der Waals surface area contributed by atoms with E-state index in [9.17, 15) is 0 Å². The molecule has 0 aliphatic rings. The average Bonchev–Trinajstić information content (AvgIpc) is 3.26. The number of hydrogen-bond donors (Lipinski definition) is 1. The van der Waals surface area contributed by atoms with Crippen molar-refractivity contribution in [1.82, 2.24) is 24.6 Å². The molecule has 6 nitrogen and oxygen atoms in total. The summed E-state index contributed by atoms with van der Waals surface area (Å²) in [6.45, 7) is 4.83. The number of anilines is 1. The fraction of sp³-hybridized carbons (Fsp3) is 0.222. The van der Waals surface area contributed by atoms with Crippen molar-refractivity contribution >= 4 is 22.9 Å². The third-order valence-electron chi connectivity index (χ3n) is 4.01. The molecule has 0 atom stereocenters. The van der Waals surface area contributed by atoms with Crippen LogP contribution in [0, 0.1) is 6.92 Å². The molecule has 3 aromatic heterocycles. The second-order valence-electron chi connectivity index (χ2n) is 5.71. The molecule has 0 saturated carbocycles. The molecule has 0 bridgehead atoms. The lowest BCUT2D eigenvalue weighted by Gasteiger charge is -2.08. The Bertz CT molecular complexity index is 1010. The molecular weight excluding hydrogens is 332 g/mol. The highest BCUT2D eigenvalue weighted by molar-refractivity contribution is 7.15. The van der Waals surface area contributed by atoms with Crippen LogP contribution in [0.3, 0.4) is 0 Å². The Hall–Kier alpha value is -2.80. The van der Waals surface area contributed by atoms with Gasteiger partial charge in [0.15, 0.2) is 0 Å². The van der Waals surface area contributed by atoms with Crippen molar-refractivity contribution in [2.24, 2.45) is 0 Å². The van der Waals surface area contributed by atoms with Crippen LogP contribution in [-0.4, -0.2) is 24.6 Å². The second kappa shape index (κ2) is 6.60. The Morgan fingerprint density at radius 2 is 2.00 bits per heavy atom. The zero-order valence-electron chi connectivity index (χ0n) is 14.1. The molecule has 0 fully saturated rings. The van der Waals surface area contributed by atoms with Crippen molar-refractivity contribution in [2.75, 3.05) is 5.32 Å².